The average Bonchev–Trinajstić information content (AvgIpc) is 3.33. The predicted molar refractivity (Wildman–Crippen MR) is 262 cm³/mol. The molecule has 0 saturated carbocycles. The third-order valence-electron chi connectivity index (χ3n) is 12.4. The lowest BCUT2D eigenvalue weighted by Crippen LogP contribution is -2.12. The van der Waals surface area contributed by atoms with E-state index in [2.05, 4.69) is 241 Å². The summed E-state index contributed by atoms with van der Waals surface area (Å²) in [5.41, 5.74) is 13.6. The second-order valence-electron chi connectivity index (χ2n) is 16.0. The molecule has 290 valence electrons. The normalized spacial score (nSPS) is 12.7. The molecule has 0 saturated heterocycles. The largest absolute Gasteiger partial charge is 0.309 e. The van der Waals surface area contributed by atoms with Gasteiger partial charge in [0.25, 0.3) is 0 Å². The van der Waals surface area contributed by atoms with Crippen molar-refractivity contribution in [3.05, 3.63) is 241 Å². The van der Waals surface area contributed by atoms with Gasteiger partial charge in [0, 0.05) is 44.3 Å². The first kappa shape index (κ1) is 36.4. The number of rotatable bonds is 8. The molecule has 1 aliphatic carbocycles. The van der Waals surface area contributed by atoms with Crippen LogP contribution in [0.4, 0.5) is 34.1 Å². The molecule has 0 bridgehead atoms. The number of hydrogen-bond donors (Lipinski definition) is 0. The molecule has 0 fully saturated rings. The fraction of sp³-hybridized carbons (Fsp3) is 0.0508. The van der Waals surface area contributed by atoms with Gasteiger partial charge in [0.2, 0.25) is 0 Å². The number of para-hydroxylation sites is 3. The van der Waals surface area contributed by atoms with Crippen LogP contribution in [0, 0.1) is 6.92 Å². The molecule has 0 aromatic heterocycles. The van der Waals surface area contributed by atoms with E-state index in [-0.39, 0.29) is 0 Å². The van der Waals surface area contributed by atoms with Gasteiger partial charge in [-0.15, -0.1) is 0 Å². The summed E-state index contributed by atoms with van der Waals surface area (Å²) >= 11 is 0. The van der Waals surface area contributed by atoms with Crippen LogP contribution in [0.15, 0.2) is 224 Å². The summed E-state index contributed by atoms with van der Waals surface area (Å²) in [6.07, 6.45) is 6.70. The average molecular weight is 781 g/mol. The van der Waals surface area contributed by atoms with Crippen LogP contribution in [0.5, 0.6) is 0 Å². The summed E-state index contributed by atoms with van der Waals surface area (Å²) in [4.78, 5) is 4.87. The Balaban J connectivity index is 1.11. The van der Waals surface area contributed by atoms with Crippen LogP contribution in [0.1, 0.15) is 29.5 Å². The van der Waals surface area contributed by atoms with Crippen LogP contribution in [0.3, 0.4) is 0 Å². The van der Waals surface area contributed by atoms with E-state index in [1.807, 2.05) is 0 Å². The van der Waals surface area contributed by atoms with Crippen molar-refractivity contribution in [1.29, 1.82) is 0 Å². The molecule has 0 radical (unpaired) electrons. The number of hydrogen-bond acceptors (Lipinski definition) is 2. The Labute approximate surface area is 357 Å². The lowest BCUT2D eigenvalue weighted by Gasteiger charge is -2.30. The molecule has 10 aromatic rings. The summed E-state index contributed by atoms with van der Waals surface area (Å²) in [6, 6.07) is 77.3. The molecule has 11 rings (SSSR count). The smallest absolute Gasteiger partial charge is 0.0618 e. The van der Waals surface area contributed by atoms with Gasteiger partial charge in [-0.05, 0) is 112 Å². The molecular formula is C59H44N2. The molecule has 10 aromatic carbocycles. The number of allylic oxidation sites excluding steroid dienone is 4. The predicted octanol–water partition coefficient (Wildman–Crippen LogP) is 16.8. The minimum Gasteiger partial charge on any atom is -0.309 e. The Morgan fingerprint density at radius 2 is 0.541 bits per heavy atom. The van der Waals surface area contributed by atoms with Crippen molar-refractivity contribution in [3.8, 4) is 0 Å². The summed E-state index contributed by atoms with van der Waals surface area (Å²) in [5, 5.41) is 10.1. The van der Waals surface area contributed by atoms with E-state index < -0.39 is 0 Å². The van der Waals surface area contributed by atoms with E-state index in [1.165, 1.54) is 82.3 Å². The lowest BCUT2D eigenvalue weighted by atomic mass is 9.82. The van der Waals surface area contributed by atoms with Crippen molar-refractivity contribution in [2.45, 2.75) is 19.8 Å². The van der Waals surface area contributed by atoms with Crippen molar-refractivity contribution in [2.24, 2.45) is 0 Å². The molecular weight excluding hydrogens is 737 g/mol. The molecule has 0 atom stereocenters. The molecule has 61 heavy (non-hydrogen) atoms. The Morgan fingerprint density at radius 1 is 0.279 bits per heavy atom. The molecule has 0 amide bonds. The standard InChI is InChI=1S/C59H44N2/c1-41-33-39-47(40-34-41)61(46-23-9-4-10-24-46)59-54-31-17-13-27-50(54)57(51-28-14-18-32-55(51)59)43-37-35-42(36-38-43)56-48-25-11-15-29-52(48)58(53-30-16-12-26-49(53)56)60(44-19-5-2-6-20-44)45-21-7-3-8-22-45/h2-35,37,39-40H,36,38H2,1H3. The molecule has 2 nitrogen and oxygen atoms in total. The molecule has 1 aliphatic rings. The van der Waals surface area contributed by atoms with Gasteiger partial charge in [-0.3, -0.25) is 0 Å². The van der Waals surface area contributed by atoms with Crippen molar-refractivity contribution in [2.75, 3.05) is 9.80 Å². The first-order valence-corrected chi connectivity index (χ1v) is 21.3. The second-order valence-corrected chi connectivity index (χ2v) is 16.0. The number of anilines is 6. The third kappa shape index (κ3) is 6.36. The number of benzene rings is 10. The van der Waals surface area contributed by atoms with Gasteiger partial charge in [0.05, 0.1) is 11.4 Å². The maximum atomic E-state index is 2.44. The third-order valence-corrected chi connectivity index (χ3v) is 12.4. The van der Waals surface area contributed by atoms with E-state index in [9.17, 15) is 0 Å². The van der Waals surface area contributed by atoms with Gasteiger partial charge in [-0.25, -0.2) is 0 Å². The first-order valence-electron chi connectivity index (χ1n) is 21.3. The van der Waals surface area contributed by atoms with Gasteiger partial charge in [0.1, 0.15) is 0 Å². The van der Waals surface area contributed by atoms with Crippen molar-refractivity contribution in [1.82, 2.24) is 0 Å². The highest BCUT2D eigenvalue weighted by molar-refractivity contribution is 6.22. The zero-order valence-electron chi connectivity index (χ0n) is 34.2. The fourth-order valence-electron chi connectivity index (χ4n) is 9.68. The van der Waals surface area contributed by atoms with Crippen molar-refractivity contribution >= 4 is 88.4 Å². The summed E-state index contributed by atoms with van der Waals surface area (Å²) < 4.78 is 0. The van der Waals surface area contributed by atoms with Gasteiger partial charge in [-0.2, -0.15) is 0 Å². The fourth-order valence-corrected chi connectivity index (χ4v) is 9.68. The maximum absolute atomic E-state index is 2.44. The van der Waals surface area contributed by atoms with E-state index in [0.717, 1.165) is 35.6 Å². The number of fused-ring (bicyclic) bond motifs is 4. The van der Waals surface area contributed by atoms with E-state index in [1.54, 1.807) is 0 Å². The summed E-state index contributed by atoms with van der Waals surface area (Å²) in [5.74, 6) is 0. The summed E-state index contributed by atoms with van der Waals surface area (Å²) in [6.45, 7) is 2.15. The van der Waals surface area contributed by atoms with Crippen LogP contribution in [0.2, 0.25) is 0 Å². The molecule has 0 heterocycles. The van der Waals surface area contributed by atoms with Crippen molar-refractivity contribution in [3.63, 3.8) is 0 Å². The number of aryl methyl sites for hydroxylation is 1. The molecule has 0 spiro atoms. The van der Waals surface area contributed by atoms with Gasteiger partial charge in [-0.1, -0.05) is 182 Å². The zero-order chi connectivity index (χ0) is 40.7. The SMILES string of the molecule is Cc1ccc(N(c2ccccc2)c2c3ccccc3c(C3=CC=C(c4c5ccccc5c(N(c5ccccc5)c5ccccc5)c5ccccc45)CC3)c3ccccc23)cc1. The maximum Gasteiger partial charge on any atom is 0.0618 e. The molecule has 2 heteroatoms. The van der Waals surface area contributed by atoms with Crippen molar-refractivity contribution < 1.29 is 0 Å². The van der Waals surface area contributed by atoms with Crippen LogP contribution in [0.25, 0.3) is 54.2 Å². The minimum absolute atomic E-state index is 0.935. The van der Waals surface area contributed by atoms with Crippen LogP contribution >= 0.6 is 0 Å². The van der Waals surface area contributed by atoms with Gasteiger partial charge >= 0.3 is 0 Å². The Hall–Kier alpha value is -7.68. The highest BCUT2D eigenvalue weighted by Gasteiger charge is 2.26. The zero-order valence-corrected chi connectivity index (χ0v) is 34.2. The van der Waals surface area contributed by atoms with Gasteiger partial charge < -0.3 is 9.80 Å². The van der Waals surface area contributed by atoms with Crippen LogP contribution in [-0.4, -0.2) is 0 Å². The highest BCUT2D eigenvalue weighted by Crippen LogP contribution is 2.51. The second kappa shape index (κ2) is 15.5. The molecule has 0 unspecified atom stereocenters. The topological polar surface area (TPSA) is 6.48 Å². The summed E-state index contributed by atoms with van der Waals surface area (Å²) in [7, 11) is 0. The Kier molecular flexibility index (Phi) is 9.24. The van der Waals surface area contributed by atoms with Gasteiger partial charge in [0.15, 0.2) is 0 Å². The quantitative estimate of drug-likeness (QED) is 0.142. The highest BCUT2D eigenvalue weighted by atomic mass is 15.2. The molecule has 0 N–H and O–H groups in total. The first-order chi connectivity index (χ1) is 30.2. The minimum atomic E-state index is 0.935. The van der Waals surface area contributed by atoms with E-state index in [0.29, 0.717) is 0 Å². The van der Waals surface area contributed by atoms with Crippen LogP contribution in [-0.2, 0) is 0 Å². The Bertz CT molecular complexity index is 3140. The molecule has 0 aliphatic heterocycles. The Morgan fingerprint density at radius 3 is 0.836 bits per heavy atom. The monoisotopic (exact) mass is 780 g/mol. The van der Waals surface area contributed by atoms with E-state index >= 15 is 0 Å². The number of nitrogens with zero attached hydrogens (tertiary/aromatic N) is 2. The van der Waals surface area contributed by atoms with E-state index in [4.69, 9.17) is 0 Å². The lowest BCUT2D eigenvalue weighted by molar-refractivity contribution is 1.08. The van der Waals surface area contributed by atoms with Crippen LogP contribution < -0.4 is 9.80 Å².